The highest BCUT2D eigenvalue weighted by atomic mass is 35.5. The standard InChI is InChI=1S/C11H11ClN2O/c1-11(3-2-4-11)8-5-7-10(15-8)13-6-9(12)14-7/h5-6H,2-4H2,1H3. The summed E-state index contributed by atoms with van der Waals surface area (Å²) in [7, 11) is 0. The van der Waals surface area contributed by atoms with Gasteiger partial charge in [-0.3, -0.25) is 0 Å². The molecule has 0 bridgehead atoms. The van der Waals surface area contributed by atoms with Crippen LogP contribution in [0.15, 0.2) is 16.7 Å². The van der Waals surface area contributed by atoms with E-state index in [9.17, 15) is 0 Å². The van der Waals surface area contributed by atoms with Crippen LogP contribution < -0.4 is 0 Å². The molecule has 0 radical (unpaired) electrons. The van der Waals surface area contributed by atoms with Gasteiger partial charge in [-0.1, -0.05) is 24.9 Å². The molecule has 0 spiro atoms. The van der Waals surface area contributed by atoms with Crippen molar-refractivity contribution in [3.8, 4) is 0 Å². The highest BCUT2D eigenvalue weighted by Crippen LogP contribution is 2.44. The van der Waals surface area contributed by atoms with E-state index < -0.39 is 0 Å². The van der Waals surface area contributed by atoms with Gasteiger partial charge in [-0.25, -0.2) is 9.97 Å². The highest BCUT2D eigenvalue weighted by Gasteiger charge is 2.37. The zero-order valence-corrected chi connectivity index (χ0v) is 9.21. The van der Waals surface area contributed by atoms with Gasteiger partial charge in [0.15, 0.2) is 0 Å². The predicted molar refractivity (Wildman–Crippen MR) is 58.0 cm³/mol. The first-order valence-electron chi connectivity index (χ1n) is 5.10. The van der Waals surface area contributed by atoms with Crippen molar-refractivity contribution in [3.63, 3.8) is 0 Å². The summed E-state index contributed by atoms with van der Waals surface area (Å²) >= 11 is 5.77. The molecule has 1 saturated carbocycles. The molecule has 0 aromatic carbocycles. The zero-order chi connectivity index (χ0) is 10.5. The monoisotopic (exact) mass is 222 g/mol. The van der Waals surface area contributed by atoms with Crippen molar-refractivity contribution in [2.75, 3.05) is 0 Å². The van der Waals surface area contributed by atoms with Gasteiger partial charge in [-0.05, 0) is 12.8 Å². The Kier molecular flexibility index (Phi) is 1.80. The molecule has 2 aromatic rings. The minimum absolute atomic E-state index is 0.189. The summed E-state index contributed by atoms with van der Waals surface area (Å²) in [5, 5.41) is 0.411. The van der Waals surface area contributed by atoms with E-state index in [0.717, 1.165) is 11.3 Å². The van der Waals surface area contributed by atoms with Crippen molar-refractivity contribution >= 4 is 22.8 Å². The van der Waals surface area contributed by atoms with Gasteiger partial charge in [0.25, 0.3) is 0 Å². The van der Waals surface area contributed by atoms with Crippen molar-refractivity contribution in [1.82, 2.24) is 9.97 Å². The molecule has 1 fully saturated rings. The SMILES string of the molecule is CC1(c2cc3nc(Cl)cnc3o2)CCC1. The van der Waals surface area contributed by atoms with Gasteiger partial charge in [0, 0.05) is 11.5 Å². The van der Waals surface area contributed by atoms with E-state index >= 15 is 0 Å². The smallest absolute Gasteiger partial charge is 0.245 e. The lowest BCUT2D eigenvalue weighted by atomic mass is 9.69. The Labute approximate surface area is 92.5 Å². The van der Waals surface area contributed by atoms with Crippen LogP contribution in [0.1, 0.15) is 31.9 Å². The van der Waals surface area contributed by atoms with Gasteiger partial charge in [-0.2, -0.15) is 0 Å². The Hall–Kier alpha value is -1.09. The van der Waals surface area contributed by atoms with E-state index in [-0.39, 0.29) is 5.41 Å². The average molecular weight is 223 g/mol. The maximum Gasteiger partial charge on any atom is 0.245 e. The van der Waals surface area contributed by atoms with Crippen molar-refractivity contribution < 1.29 is 4.42 Å². The van der Waals surface area contributed by atoms with Crippen LogP contribution in [0.3, 0.4) is 0 Å². The first-order chi connectivity index (χ1) is 7.17. The molecule has 0 saturated heterocycles. The Morgan fingerprint density at radius 1 is 1.47 bits per heavy atom. The maximum atomic E-state index is 5.77. The molecule has 15 heavy (non-hydrogen) atoms. The van der Waals surface area contributed by atoms with Crippen molar-refractivity contribution in [1.29, 1.82) is 0 Å². The molecular formula is C11H11ClN2O. The summed E-state index contributed by atoms with van der Waals surface area (Å²) in [4.78, 5) is 8.29. The minimum atomic E-state index is 0.189. The van der Waals surface area contributed by atoms with E-state index in [0.29, 0.717) is 10.9 Å². The third kappa shape index (κ3) is 1.34. The molecule has 4 heteroatoms. The number of fused-ring (bicyclic) bond motifs is 1. The third-order valence-electron chi connectivity index (χ3n) is 3.26. The molecule has 0 N–H and O–H groups in total. The Bertz CT molecular complexity index is 516. The quantitative estimate of drug-likeness (QED) is 0.743. The fourth-order valence-corrected chi connectivity index (χ4v) is 2.19. The van der Waals surface area contributed by atoms with E-state index in [2.05, 4.69) is 16.9 Å². The number of furan rings is 1. The van der Waals surface area contributed by atoms with Gasteiger partial charge < -0.3 is 4.42 Å². The first kappa shape index (κ1) is 9.16. The van der Waals surface area contributed by atoms with Crippen LogP contribution in [-0.2, 0) is 5.41 Å². The summed E-state index contributed by atoms with van der Waals surface area (Å²) in [6, 6.07) is 1.97. The fourth-order valence-electron chi connectivity index (χ4n) is 2.05. The first-order valence-corrected chi connectivity index (χ1v) is 5.48. The van der Waals surface area contributed by atoms with Gasteiger partial charge in [0.05, 0.1) is 6.20 Å². The number of nitrogens with zero attached hydrogens (tertiary/aromatic N) is 2. The number of halogens is 1. The summed E-state index contributed by atoms with van der Waals surface area (Å²) in [5.74, 6) is 0.992. The lowest BCUT2D eigenvalue weighted by molar-refractivity contribution is 0.228. The second-order valence-corrected chi connectivity index (χ2v) is 4.80. The van der Waals surface area contributed by atoms with E-state index in [1.807, 2.05) is 6.07 Å². The molecule has 0 aliphatic heterocycles. The molecule has 3 rings (SSSR count). The van der Waals surface area contributed by atoms with Gasteiger partial charge in [0.1, 0.15) is 16.4 Å². The second kappa shape index (κ2) is 2.95. The summed E-state index contributed by atoms with van der Waals surface area (Å²) in [6.45, 7) is 2.22. The Morgan fingerprint density at radius 3 is 2.93 bits per heavy atom. The van der Waals surface area contributed by atoms with E-state index in [1.54, 1.807) is 0 Å². The highest BCUT2D eigenvalue weighted by molar-refractivity contribution is 6.29. The van der Waals surface area contributed by atoms with Gasteiger partial charge in [0.2, 0.25) is 5.71 Å². The third-order valence-corrected chi connectivity index (χ3v) is 3.44. The number of aromatic nitrogens is 2. The predicted octanol–water partition coefficient (Wildman–Crippen LogP) is 3.32. The lowest BCUT2D eigenvalue weighted by Gasteiger charge is -2.35. The Balaban J connectivity index is 2.14. The summed E-state index contributed by atoms with van der Waals surface area (Å²) < 4.78 is 5.70. The largest absolute Gasteiger partial charge is 0.441 e. The van der Waals surface area contributed by atoms with Gasteiger partial charge in [-0.15, -0.1) is 0 Å². The molecule has 3 nitrogen and oxygen atoms in total. The molecule has 1 aliphatic rings. The van der Waals surface area contributed by atoms with Crippen LogP contribution in [0.4, 0.5) is 0 Å². The lowest BCUT2D eigenvalue weighted by Crippen LogP contribution is -2.29. The number of hydrogen-bond acceptors (Lipinski definition) is 3. The molecule has 1 aliphatic carbocycles. The molecule has 0 amide bonds. The van der Waals surface area contributed by atoms with Crippen LogP contribution in [0.25, 0.3) is 11.2 Å². The van der Waals surface area contributed by atoms with E-state index in [4.69, 9.17) is 16.0 Å². The zero-order valence-electron chi connectivity index (χ0n) is 8.46. The van der Waals surface area contributed by atoms with Crippen LogP contribution in [0.2, 0.25) is 5.15 Å². The molecular weight excluding hydrogens is 212 g/mol. The van der Waals surface area contributed by atoms with Crippen LogP contribution >= 0.6 is 11.6 Å². The summed E-state index contributed by atoms with van der Waals surface area (Å²) in [6.07, 6.45) is 5.15. The summed E-state index contributed by atoms with van der Waals surface area (Å²) in [5.41, 5.74) is 1.53. The topological polar surface area (TPSA) is 38.9 Å². The van der Waals surface area contributed by atoms with Crippen molar-refractivity contribution in [2.24, 2.45) is 0 Å². The van der Waals surface area contributed by atoms with Crippen LogP contribution in [-0.4, -0.2) is 9.97 Å². The second-order valence-electron chi connectivity index (χ2n) is 4.41. The molecule has 78 valence electrons. The maximum absolute atomic E-state index is 5.77. The van der Waals surface area contributed by atoms with Crippen LogP contribution in [0.5, 0.6) is 0 Å². The van der Waals surface area contributed by atoms with Crippen LogP contribution in [0, 0.1) is 0 Å². The molecule has 2 aromatic heterocycles. The normalized spacial score (nSPS) is 19.1. The number of rotatable bonds is 1. The van der Waals surface area contributed by atoms with E-state index in [1.165, 1.54) is 25.5 Å². The Morgan fingerprint density at radius 2 is 2.27 bits per heavy atom. The molecule has 0 atom stereocenters. The van der Waals surface area contributed by atoms with Crippen molar-refractivity contribution in [3.05, 3.63) is 23.2 Å². The number of hydrogen-bond donors (Lipinski definition) is 0. The fraction of sp³-hybridized carbons (Fsp3) is 0.455. The van der Waals surface area contributed by atoms with Gasteiger partial charge >= 0.3 is 0 Å². The molecule has 0 unspecified atom stereocenters. The minimum Gasteiger partial charge on any atom is -0.441 e. The average Bonchev–Trinajstić information content (AvgIpc) is 2.57. The van der Waals surface area contributed by atoms with Crippen molar-refractivity contribution in [2.45, 2.75) is 31.6 Å². The molecule has 2 heterocycles.